The second-order valence-corrected chi connectivity index (χ2v) is 2.50. The van der Waals surface area contributed by atoms with E-state index < -0.39 is 0 Å². The van der Waals surface area contributed by atoms with Crippen LogP contribution in [0, 0.1) is 0 Å². The zero-order valence-corrected chi connectivity index (χ0v) is 5.00. The van der Waals surface area contributed by atoms with Crippen molar-refractivity contribution in [1.29, 1.82) is 0 Å². The van der Waals surface area contributed by atoms with Gasteiger partial charge < -0.3 is 0 Å². The summed E-state index contributed by atoms with van der Waals surface area (Å²) in [5.74, 6) is 0. The normalized spacial score (nSPS) is 7.57. The van der Waals surface area contributed by atoms with Gasteiger partial charge in [-0.25, -0.2) is 0 Å². The van der Waals surface area contributed by atoms with E-state index in [0.29, 0.717) is 0 Å². The Morgan fingerprint density at radius 3 is 2.43 bits per heavy atom. The molecule has 0 aliphatic rings. The summed E-state index contributed by atoms with van der Waals surface area (Å²) in [6.07, 6.45) is 0. The monoisotopic (exact) mass is 138 g/mol. The molecule has 0 N–H and O–H groups in total. The average molecular weight is 139 g/mol. The van der Waals surface area contributed by atoms with Crippen molar-refractivity contribution in [1.82, 2.24) is 0 Å². The number of halogens is 2. The van der Waals surface area contributed by atoms with Crippen LogP contribution in [0.4, 0.5) is 4.70 Å². The maximum atomic E-state index is 5.47. The maximum absolute atomic E-state index is 5.47. The molecule has 0 bridgehead atoms. The molecule has 1 rings (SSSR count). The molecular formula is C4H4ClFS. The molecule has 0 aromatic carbocycles. The van der Waals surface area contributed by atoms with Crippen molar-refractivity contribution in [2.45, 2.75) is 0 Å². The summed E-state index contributed by atoms with van der Waals surface area (Å²) in [6.45, 7) is 0. The van der Waals surface area contributed by atoms with Crippen LogP contribution in [0.1, 0.15) is 0 Å². The summed E-state index contributed by atoms with van der Waals surface area (Å²) in [4.78, 5) is 0. The third-order valence-corrected chi connectivity index (χ3v) is 1.53. The van der Waals surface area contributed by atoms with Crippen LogP contribution in [0.25, 0.3) is 0 Å². The Hall–Kier alpha value is -0.0800. The number of thiophene rings is 1. The third kappa shape index (κ3) is 1.90. The predicted octanol–water partition coefficient (Wildman–Crippen LogP) is 2.55. The lowest BCUT2D eigenvalue weighted by atomic mass is 10.7. The van der Waals surface area contributed by atoms with Crippen LogP contribution >= 0.6 is 22.9 Å². The fourth-order valence-electron chi connectivity index (χ4n) is 0.259. The summed E-state index contributed by atoms with van der Waals surface area (Å²) < 4.78 is 0.856. The van der Waals surface area contributed by atoms with Gasteiger partial charge in [0.15, 0.2) is 0 Å². The summed E-state index contributed by atoms with van der Waals surface area (Å²) in [7, 11) is 0. The highest BCUT2D eigenvalue weighted by Gasteiger charge is 1.77. The van der Waals surface area contributed by atoms with Gasteiger partial charge in [0.1, 0.15) is 0 Å². The number of hydrogen-bond acceptors (Lipinski definition) is 1. The first kappa shape index (κ1) is 6.92. The molecule has 0 nitrogen and oxygen atoms in total. The highest BCUT2D eigenvalue weighted by atomic mass is 35.5. The van der Waals surface area contributed by atoms with Crippen LogP contribution in [-0.2, 0) is 0 Å². The molecule has 0 fully saturated rings. The van der Waals surface area contributed by atoms with Crippen LogP contribution in [0.5, 0.6) is 0 Å². The van der Waals surface area contributed by atoms with Crippen LogP contribution < -0.4 is 0 Å². The Balaban J connectivity index is 0.000000360. The van der Waals surface area contributed by atoms with Gasteiger partial charge in [0.25, 0.3) is 0 Å². The smallest absolute Gasteiger partial charge is 0.0928 e. The first-order valence-electron chi connectivity index (χ1n) is 1.58. The van der Waals surface area contributed by atoms with Crippen molar-refractivity contribution < 1.29 is 4.70 Å². The van der Waals surface area contributed by atoms with Gasteiger partial charge >= 0.3 is 0 Å². The highest BCUT2D eigenvalue weighted by molar-refractivity contribution is 7.14. The zero-order valence-electron chi connectivity index (χ0n) is 3.43. The Morgan fingerprint density at radius 2 is 2.29 bits per heavy atom. The Morgan fingerprint density at radius 1 is 1.57 bits per heavy atom. The first-order chi connectivity index (χ1) is 2.89. The standard InChI is InChI=1S/C4H3ClS.FH/c5-4-2-1-3-6-4;/h1-3H;1H. The minimum Gasteiger partial charge on any atom is -0.269 e. The molecule has 0 spiro atoms. The van der Waals surface area contributed by atoms with Gasteiger partial charge in [0.2, 0.25) is 0 Å². The molecule has 0 saturated carbocycles. The van der Waals surface area contributed by atoms with E-state index in [1.165, 1.54) is 0 Å². The molecule has 0 amide bonds. The van der Waals surface area contributed by atoms with Gasteiger partial charge in [0.05, 0.1) is 4.34 Å². The topological polar surface area (TPSA) is 0 Å². The van der Waals surface area contributed by atoms with Gasteiger partial charge in [-0.2, -0.15) is 0 Å². The summed E-state index contributed by atoms with van der Waals surface area (Å²) in [5, 5.41) is 1.95. The average Bonchev–Trinajstić information content (AvgIpc) is 1.86. The fourth-order valence-corrected chi connectivity index (χ4v) is 0.930. The highest BCUT2D eigenvalue weighted by Crippen LogP contribution is 2.13. The van der Waals surface area contributed by atoms with Crippen molar-refractivity contribution in [3.63, 3.8) is 0 Å². The lowest BCUT2D eigenvalue weighted by Gasteiger charge is -1.62. The van der Waals surface area contributed by atoms with E-state index in [2.05, 4.69) is 0 Å². The molecule has 0 atom stereocenters. The summed E-state index contributed by atoms with van der Waals surface area (Å²) in [5.41, 5.74) is 0. The van der Waals surface area contributed by atoms with E-state index >= 15 is 0 Å². The van der Waals surface area contributed by atoms with Gasteiger partial charge in [-0.3, -0.25) is 4.70 Å². The number of hydrogen-bond donors (Lipinski definition) is 0. The van der Waals surface area contributed by atoms with Crippen LogP contribution in [0.15, 0.2) is 17.5 Å². The first-order valence-corrected chi connectivity index (χ1v) is 2.84. The summed E-state index contributed by atoms with van der Waals surface area (Å²) in [6, 6.07) is 3.79. The Kier molecular flexibility index (Phi) is 2.96. The minimum atomic E-state index is 0. The predicted molar refractivity (Wildman–Crippen MR) is 31.8 cm³/mol. The molecular weight excluding hydrogens is 135 g/mol. The quantitative estimate of drug-likeness (QED) is 0.517. The molecule has 1 aromatic heterocycles. The van der Waals surface area contributed by atoms with Crippen molar-refractivity contribution in [2.75, 3.05) is 0 Å². The summed E-state index contributed by atoms with van der Waals surface area (Å²) >= 11 is 7.02. The Bertz CT molecular complexity index is 115. The van der Waals surface area contributed by atoms with E-state index in [9.17, 15) is 0 Å². The molecule has 3 heteroatoms. The molecule has 0 radical (unpaired) electrons. The van der Waals surface area contributed by atoms with Crippen LogP contribution in [0.2, 0.25) is 4.34 Å². The van der Waals surface area contributed by atoms with Crippen LogP contribution in [-0.4, -0.2) is 0 Å². The minimum absolute atomic E-state index is 0. The van der Waals surface area contributed by atoms with E-state index in [4.69, 9.17) is 11.6 Å². The van der Waals surface area contributed by atoms with Gasteiger partial charge in [-0.05, 0) is 17.5 Å². The molecule has 1 aromatic rings. The van der Waals surface area contributed by atoms with Crippen molar-refractivity contribution in [3.05, 3.63) is 21.8 Å². The third-order valence-electron chi connectivity index (χ3n) is 0.486. The van der Waals surface area contributed by atoms with Gasteiger partial charge in [-0.1, -0.05) is 11.6 Å². The fraction of sp³-hybridized carbons (Fsp3) is 0. The Labute approximate surface area is 50.1 Å². The zero-order chi connectivity index (χ0) is 4.41. The number of rotatable bonds is 0. The molecule has 40 valence electrons. The maximum Gasteiger partial charge on any atom is 0.0928 e. The van der Waals surface area contributed by atoms with Crippen molar-refractivity contribution in [3.8, 4) is 0 Å². The van der Waals surface area contributed by atoms with E-state index in [1.54, 1.807) is 11.3 Å². The molecule has 0 unspecified atom stereocenters. The van der Waals surface area contributed by atoms with Crippen molar-refractivity contribution >= 4 is 22.9 Å². The lowest BCUT2D eigenvalue weighted by Crippen LogP contribution is -1.29. The second-order valence-electron chi connectivity index (χ2n) is 0.917. The molecule has 1 heterocycles. The lowest BCUT2D eigenvalue weighted by molar-refractivity contribution is 1.11. The molecule has 0 aliphatic carbocycles. The van der Waals surface area contributed by atoms with Crippen molar-refractivity contribution in [2.24, 2.45) is 0 Å². The van der Waals surface area contributed by atoms with Gasteiger partial charge in [-0.15, -0.1) is 11.3 Å². The SMILES string of the molecule is Clc1cccs1.F. The van der Waals surface area contributed by atoms with E-state index in [-0.39, 0.29) is 4.70 Å². The van der Waals surface area contributed by atoms with E-state index in [0.717, 1.165) is 4.34 Å². The van der Waals surface area contributed by atoms with Crippen LogP contribution in [0.3, 0.4) is 0 Å². The van der Waals surface area contributed by atoms with Gasteiger partial charge in [0, 0.05) is 0 Å². The largest absolute Gasteiger partial charge is 0.269 e. The molecule has 0 saturated heterocycles. The molecule has 0 aliphatic heterocycles. The second kappa shape index (κ2) is 2.99. The molecule has 7 heavy (non-hydrogen) atoms. The van der Waals surface area contributed by atoms with E-state index in [1.807, 2.05) is 17.5 Å².